The van der Waals surface area contributed by atoms with E-state index in [9.17, 15) is 0 Å². The Labute approximate surface area is 100 Å². The van der Waals surface area contributed by atoms with Crippen LogP contribution in [0.3, 0.4) is 0 Å². The topological polar surface area (TPSA) is 12.0 Å². The Bertz CT molecular complexity index is 328. The second-order valence-electron chi connectivity index (χ2n) is 5.27. The molecule has 0 aliphatic rings. The Morgan fingerprint density at radius 3 is 2.44 bits per heavy atom. The molecule has 0 amide bonds. The van der Waals surface area contributed by atoms with Gasteiger partial charge in [0.15, 0.2) is 0 Å². The second-order valence-corrected chi connectivity index (χ2v) is 5.27. The Morgan fingerprint density at radius 1 is 1.12 bits per heavy atom. The smallest absolute Gasteiger partial charge is 0.0210 e. The number of rotatable bonds is 5. The highest BCUT2D eigenvalue weighted by atomic mass is 14.9. The van der Waals surface area contributed by atoms with E-state index in [1.807, 2.05) is 0 Å². The lowest BCUT2D eigenvalue weighted by Gasteiger charge is -2.17. The summed E-state index contributed by atoms with van der Waals surface area (Å²) in [5.74, 6) is 0.765. The molecule has 16 heavy (non-hydrogen) atoms. The summed E-state index contributed by atoms with van der Waals surface area (Å²) >= 11 is 0. The van der Waals surface area contributed by atoms with Gasteiger partial charge in [-0.1, -0.05) is 32.0 Å². The van der Waals surface area contributed by atoms with E-state index in [0.717, 1.165) is 12.5 Å². The molecular formula is C15H25N. The molecule has 1 N–H and O–H groups in total. The predicted octanol–water partition coefficient (Wildman–Crippen LogP) is 3.83. The third-order valence-corrected chi connectivity index (χ3v) is 3.18. The molecule has 90 valence electrons. The zero-order valence-electron chi connectivity index (χ0n) is 11.3. The van der Waals surface area contributed by atoms with E-state index >= 15 is 0 Å². The van der Waals surface area contributed by atoms with Crippen LogP contribution in [0.1, 0.15) is 43.9 Å². The van der Waals surface area contributed by atoms with E-state index in [2.05, 4.69) is 58.1 Å². The first-order valence-corrected chi connectivity index (χ1v) is 6.29. The predicted molar refractivity (Wildman–Crippen MR) is 71.7 cm³/mol. The van der Waals surface area contributed by atoms with Crippen LogP contribution < -0.4 is 5.32 Å². The van der Waals surface area contributed by atoms with Crippen molar-refractivity contribution in [2.24, 2.45) is 5.92 Å². The molecule has 0 spiro atoms. The van der Waals surface area contributed by atoms with Crippen LogP contribution in [0, 0.1) is 19.8 Å². The highest BCUT2D eigenvalue weighted by Gasteiger charge is 2.05. The summed E-state index contributed by atoms with van der Waals surface area (Å²) in [7, 11) is 0. The third kappa shape index (κ3) is 3.97. The molecule has 0 aliphatic heterocycles. The van der Waals surface area contributed by atoms with E-state index in [1.54, 1.807) is 0 Å². The minimum atomic E-state index is 0.597. The summed E-state index contributed by atoms with van der Waals surface area (Å²) < 4.78 is 0. The van der Waals surface area contributed by atoms with Crippen LogP contribution in [0.25, 0.3) is 0 Å². The van der Waals surface area contributed by atoms with Crippen molar-refractivity contribution >= 4 is 0 Å². The Hall–Kier alpha value is -0.820. The maximum absolute atomic E-state index is 3.60. The summed E-state index contributed by atoms with van der Waals surface area (Å²) in [6.07, 6.45) is 1.24. The molecule has 0 aromatic heterocycles. The van der Waals surface area contributed by atoms with Crippen LogP contribution in [0.5, 0.6) is 0 Å². The lowest BCUT2D eigenvalue weighted by atomic mass is 10.0. The molecule has 0 fully saturated rings. The van der Waals surface area contributed by atoms with Gasteiger partial charge in [-0.15, -0.1) is 0 Å². The van der Waals surface area contributed by atoms with Gasteiger partial charge >= 0.3 is 0 Å². The van der Waals surface area contributed by atoms with Crippen molar-refractivity contribution in [2.75, 3.05) is 0 Å². The van der Waals surface area contributed by atoms with Crippen molar-refractivity contribution in [3.8, 4) is 0 Å². The van der Waals surface area contributed by atoms with Gasteiger partial charge < -0.3 is 5.32 Å². The Morgan fingerprint density at radius 2 is 1.81 bits per heavy atom. The summed E-state index contributed by atoms with van der Waals surface area (Å²) in [6.45, 7) is 12.2. The first-order valence-electron chi connectivity index (χ1n) is 6.29. The van der Waals surface area contributed by atoms with Crippen LogP contribution in [-0.4, -0.2) is 6.04 Å². The maximum Gasteiger partial charge on any atom is 0.0210 e. The standard InChI is InChI=1S/C15H25N/c1-11(2)9-13(4)16-10-15-8-6-7-12(3)14(15)5/h6-8,11,13,16H,9-10H2,1-5H3. The van der Waals surface area contributed by atoms with E-state index in [0.29, 0.717) is 6.04 Å². The van der Waals surface area contributed by atoms with Gasteiger partial charge in [-0.05, 0) is 49.8 Å². The van der Waals surface area contributed by atoms with Crippen LogP contribution in [0.4, 0.5) is 0 Å². The van der Waals surface area contributed by atoms with Crippen LogP contribution >= 0.6 is 0 Å². The monoisotopic (exact) mass is 219 g/mol. The van der Waals surface area contributed by atoms with E-state index in [1.165, 1.54) is 23.1 Å². The van der Waals surface area contributed by atoms with Gasteiger partial charge in [0, 0.05) is 12.6 Å². The van der Waals surface area contributed by atoms with Gasteiger partial charge in [0.05, 0.1) is 0 Å². The van der Waals surface area contributed by atoms with Crippen LogP contribution in [0.15, 0.2) is 18.2 Å². The van der Waals surface area contributed by atoms with Crippen molar-refractivity contribution < 1.29 is 0 Å². The highest BCUT2D eigenvalue weighted by molar-refractivity contribution is 5.32. The molecule has 0 saturated heterocycles. The van der Waals surface area contributed by atoms with Gasteiger partial charge in [-0.25, -0.2) is 0 Å². The molecule has 1 aromatic carbocycles. The Kier molecular flexibility index (Phi) is 5.01. The normalized spacial score (nSPS) is 13.1. The first kappa shape index (κ1) is 13.2. The van der Waals surface area contributed by atoms with Gasteiger partial charge in [0.25, 0.3) is 0 Å². The van der Waals surface area contributed by atoms with E-state index in [-0.39, 0.29) is 0 Å². The average molecular weight is 219 g/mol. The summed E-state index contributed by atoms with van der Waals surface area (Å²) in [5.41, 5.74) is 4.23. The lowest BCUT2D eigenvalue weighted by Crippen LogP contribution is -2.27. The third-order valence-electron chi connectivity index (χ3n) is 3.18. The molecule has 0 heterocycles. The van der Waals surface area contributed by atoms with Gasteiger partial charge in [-0.2, -0.15) is 0 Å². The zero-order chi connectivity index (χ0) is 12.1. The highest BCUT2D eigenvalue weighted by Crippen LogP contribution is 2.13. The number of nitrogens with one attached hydrogen (secondary N) is 1. The molecule has 0 aliphatic carbocycles. The maximum atomic E-state index is 3.60. The number of hydrogen-bond acceptors (Lipinski definition) is 1. The molecule has 1 rings (SSSR count). The molecule has 1 aromatic rings. The summed E-state index contributed by atoms with van der Waals surface area (Å²) in [6, 6.07) is 7.14. The summed E-state index contributed by atoms with van der Waals surface area (Å²) in [5, 5.41) is 3.60. The zero-order valence-corrected chi connectivity index (χ0v) is 11.3. The average Bonchev–Trinajstić information content (AvgIpc) is 2.19. The number of benzene rings is 1. The molecular weight excluding hydrogens is 194 g/mol. The molecule has 1 heteroatoms. The fraction of sp³-hybridized carbons (Fsp3) is 0.600. The molecule has 1 nitrogen and oxygen atoms in total. The second kappa shape index (κ2) is 6.05. The van der Waals surface area contributed by atoms with Gasteiger partial charge in [-0.3, -0.25) is 0 Å². The lowest BCUT2D eigenvalue weighted by molar-refractivity contribution is 0.441. The fourth-order valence-corrected chi connectivity index (χ4v) is 2.08. The molecule has 0 saturated carbocycles. The number of hydrogen-bond donors (Lipinski definition) is 1. The summed E-state index contributed by atoms with van der Waals surface area (Å²) in [4.78, 5) is 0. The number of aryl methyl sites for hydroxylation is 1. The van der Waals surface area contributed by atoms with Crippen molar-refractivity contribution in [3.63, 3.8) is 0 Å². The van der Waals surface area contributed by atoms with E-state index < -0.39 is 0 Å². The van der Waals surface area contributed by atoms with Crippen molar-refractivity contribution in [2.45, 2.75) is 53.6 Å². The minimum Gasteiger partial charge on any atom is -0.310 e. The SMILES string of the molecule is Cc1cccc(CNC(C)CC(C)C)c1C. The minimum absolute atomic E-state index is 0.597. The van der Waals surface area contributed by atoms with Gasteiger partial charge in [0.1, 0.15) is 0 Å². The van der Waals surface area contributed by atoms with Crippen LogP contribution in [0.2, 0.25) is 0 Å². The molecule has 0 bridgehead atoms. The fourth-order valence-electron chi connectivity index (χ4n) is 2.08. The molecule has 1 unspecified atom stereocenters. The van der Waals surface area contributed by atoms with E-state index in [4.69, 9.17) is 0 Å². The largest absolute Gasteiger partial charge is 0.310 e. The Balaban J connectivity index is 2.51. The van der Waals surface area contributed by atoms with Crippen LogP contribution in [-0.2, 0) is 6.54 Å². The molecule has 1 atom stereocenters. The van der Waals surface area contributed by atoms with Crippen molar-refractivity contribution in [1.29, 1.82) is 0 Å². The van der Waals surface area contributed by atoms with Crippen molar-refractivity contribution in [3.05, 3.63) is 34.9 Å². The van der Waals surface area contributed by atoms with Crippen molar-refractivity contribution in [1.82, 2.24) is 5.32 Å². The quantitative estimate of drug-likeness (QED) is 0.793. The molecule has 0 radical (unpaired) electrons. The first-order chi connectivity index (χ1) is 7.50. The van der Waals surface area contributed by atoms with Gasteiger partial charge in [0.2, 0.25) is 0 Å².